The topological polar surface area (TPSA) is 0 Å². The van der Waals surface area contributed by atoms with Crippen LogP contribution in [0.2, 0.25) is 0 Å². The van der Waals surface area contributed by atoms with E-state index in [1.54, 1.807) is 0 Å². The third-order valence-corrected chi connectivity index (χ3v) is 8.05. The summed E-state index contributed by atoms with van der Waals surface area (Å²) < 4.78 is 0. The number of hydrogen-bond acceptors (Lipinski definition) is 0. The quantitative estimate of drug-likeness (QED) is 0.618. The highest BCUT2D eigenvalue weighted by atomic mass is 31.2. The van der Waals surface area contributed by atoms with Gasteiger partial charge in [-0.3, -0.25) is 14.1 Å². The van der Waals surface area contributed by atoms with Crippen molar-refractivity contribution in [3.05, 3.63) is 0 Å². The van der Waals surface area contributed by atoms with Gasteiger partial charge in [0.2, 0.25) is 0 Å². The Morgan fingerprint density at radius 3 is 0.750 bits per heavy atom. The monoisotopic (exact) mass is 207 g/mol. The maximum Gasteiger partial charge on any atom is 0.0565 e. The Morgan fingerprint density at radius 1 is 0.583 bits per heavy atom. The van der Waals surface area contributed by atoms with E-state index in [-0.39, 0.29) is 14.1 Å². The molecule has 12 heavy (non-hydrogen) atoms. The normalized spacial score (nSPS) is 9.00. The number of halogens is 3. The second-order valence-electron chi connectivity index (χ2n) is 2.61. The SMILES string of the molecule is CC[P+](CC)(CC)CC.F.F.F. The molecule has 4 heteroatoms. The van der Waals surface area contributed by atoms with Crippen LogP contribution in [-0.4, -0.2) is 24.6 Å². The van der Waals surface area contributed by atoms with Crippen LogP contribution in [0.15, 0.2) is 0 Å². The number of rotatable bonds is 4. The zero-order valence-electron chi connectivity index (χ0n) is 8.50. The Kier molecular flexibility index (Phi) is 21.3. The lowest BCUT2D eigenvalue weighted by atomic mass is 10.9. The van der Waals surface area contributed by atoms with Crippen molar-refractivity contribution in [3.63, 3.8) is 0 Å². The molecule has 0 rings (SSSR count). The van der Waals surface area contributed by atoms with Crippen molar-refractivity contribution in [1.82, 2.24) is 0 Å². The van der Waals surface area contributed by atoms with Gasteiger partial charge in [-0.05, 0) is 27.7 Å². The molecule has 0 nitrogen and oxygen atoms in total. The van der Waals surface area contributed by atoms with Crippen LogP contribution in [0.4, 0.5) is 14.1 Å². The average Bonchev–Trinajstić information content (AvgIpc) is 1.95. The first-order valence-corrected chi connectivity index (χ1v) is 6.62. The van der Waals surface area contributed by atoms with Crippen molar-refractivity contribution in [1.29, 1.82) is 0 Å². The maximum absolute atomic E-state index is 2.35. The lowest BCUT2D eigenvalue weighted by molar-refractivity contribution is 1.11. The van der Waals surface area contributed by atoms with Crippen molar-refractivity contribution in [2.24, 2.45) is 0 Å². The Hall–Kier alpha value is 0.220. The van der Waals surface area contributed by atoms with Gasteiger partial charge in [-0.2, -0.15) is 0 Å². The molecule has 0 amide bonds. The standard InChI is InChI=1S/C8H20P.3FH/c1-5-9(6-2,7-3)8-4;;;/h5-8H2,1-4H3;3*1H/q+1;;;. The largest absolute Gasteiger partial charge is 0.269 e. The maximum atomic E-state index is 2.35. The van der Waals surface area contributed by atoms with Gasteiger partial charge < -0.3 is 0 Å². The molecule has 0 heterocycles. The summed E-state index contributed by atoms with van der Waals surface area (Å²) >= 11 is 0. The highest BCUT2D eigenvalue weighted by Crippen LogP contribution is 2.57. The summed E-state index contributed by atoms with van der Waals surface area (Å²) in [4.78, 5) is 0. The third-order valence-electron chi connectivity index (χ3n) is 2.68. The van der Waals surface area contributed by atoms with Gasteiger partial charge >= 0.3 is 0 Å². The molecular weight excluding hydrogens is 184 g/mol. The molecule has 0 radical (unpaired) electrons. The molecule has 0 unspecified atom stereocenters. The van der Waals surface area contributed by atoms with E-state index in [9.17, 15) is 0 Å². The Labute approximate surface area is 74.6 Å². The van der Waals surface area contributed by atoms with E-state index < -0.39 is 7.26 Å². The van der Waals surface area contributed by atoms with E-state index in [0.717, 1.165) is 0 Å². The molecule has 0 aromatic carbocycles. The minimum Gasteiger partial charge on any atom is -0.269 e. The minimum atomic E-state index is -0.420. The van der Waals surface area contributed by atoms with Crippen LogP contribution in [0, 0.1) is 0 Å². The van der Waals surface area contributed by atoms with E-state index in [4.69, 9.17) is 0 Å². The smallest absolute Gasteiger partial charge is 0.0565 e. The third kappa shape index (κ3) is 5.82. The van der Waals surface area contributed by atoms with Gasteiger partial charge in [-0.1, -0.05) is 0 Å². The first-order chi connectivity index (χ1) is 4.24. The van der Waals surface area contributed by atoms with E-state index in [0.29, 0.717) is 0 Å². The van der Waals surface area contributed by atoms with E-state index in [1.165, 1.54) is 24.6 Å². The summed E-state index contributed by atoms with van der Waals surface area (Å²) in [5, 5.41) is 0. The Morgan fingerprint density at radius 2 is 0.750 bits per heavy atom. The average molecular weight is 207 g/mol. The Balaban J connectivity index is -0.000000107. The van der Waals surface area contributed by atoms with Crippen molar-refractivity contribution in [3.8, 4) is 0 Å². The molecule has 80 valence electrons. The van der Waals surface area contributed by atoms with Gasteiger partial charge in [-0.15, -0.1) is 0 Å². The summed E-state index contributed by atoms with van der Waals surface area (Å²) in [6.45, 7) is 9.41. The second kappa shape index (κ2) is 11.2. The first kappa shape index (κ1) is 22.8. The molecule has 0 N–H and O–H groups in total. The van der Waals surface area contributed by atoms with Crippen molar-refractivity contribution >= 4 is 7.26 Å². The number of hydrogen-bond donors (Lipinski definition) is 0. The molecule has 0 fully saturated rings. The summed E-state index contributed by atoms with van der Waals surface area (Å²) in [5.74, 6) is 0. The first-order valence-electron chi connectivity index (χ1n) is 4.09. The van der Waals surface area contributed by atoms with Gasteiger partial charge in [0.15, 0.2) is 0 Å². The molecular formula is C8H23F3P+. The van der Waals surface area contributed by atoms with Crippen molar-refractivity contribution in [2.75, 3.05) is 24.6 Å². The predicted octanol–water partition coefficient (Wildman–Crippen LogP) is 3.54. The lowest BCUT2D eigenvalue weighted by Crippen LogP contribution is -2.04. The molecule has 0 aromatic rings. The van der Waals surface area contributed by atoms with E-state index in [2.05, 4.69) is 27.7 Å². The zero-order valence-corrected chi connectivity index (χ0v) is 9.39. The van der Waals surface area contributed by atoms with Crippen LogP contribution in [-0.2, 0) is 0 Å². The van der Waals surface area contributed by atoms with Gasteiger partial charge in [0, 0.05) is 7.26 Å². The summed E-state index contributed by atoms with van der Waals surface area (Å²) in [5.41, 5.74) is 0. The molecule has 0 aliphatic heterocycles. The molecule has 0 saturated heterocycles. The van der Waals surface area contributed by atoms with Crippen LogP contribution in [0.1, 0.15) is 27.7 Å². The fourth-order valence-corrected chi connectivity index (χ4v) is 4.02. The van der Waals surface area contributed by atoms with E-state index in [1.807, 2.05) is 0 Å². The van der Waals surface area contributed by atoms with Gasteiger partial charge in [0.1, 0.15) is 0 Å². The molecule has 0 spiro atoms. The van der Waals surface area contributed by atoms with Crippen LogP contribution in [0.5, 0.6) is 0 Å². The van der Waals surface area contributed by atoms with Gasteiger partial charge in [-0.25, -0.2) is 0 Å². The molecule has 0 saturated carbocycles. The highest BCUT2D eigenvalue weighted by Gasteiger charge is 2.27. The molecule has 0 atom stereocenters. The van der Waals surface area contributed by atoms with Crippen LogP contribution < -0.4 is 0 Å². The summed E-state index contributed by atoms with van der Waals surface area (Å²) in [6.07, 6.45) is 5.82. The van der Waals surface area contributed by atoms with E-state index >= 15 is 0 Å². The molecule has 0 aliphatic rings. The van der Waals surface area contributed by atoms with Crippen LogP contribution in [0.3, 0.4) is 0 Å². The predicted molar refractivity (Wildman–Crippen MR) is 56.6 cm³/mol. The fourth-order valence-electron chi connectivity index (χ4n) is 1.34. The lowest BCUT2D eigenvalue weighted by Gasteiger charge is -2.20. The van der Waals surface area contributed by atoms with Gasteiger partial charge in [0.05, 0.1) is 24.6 Å². The van der Waals surface area contributed by atoms with Crippen LogP contribution >= 0.6 is 7.26 Å². The summed E-state index contributed by atoms with van der Waals surface area (Å²) in [6, 6.07) is 0. The highest BCUT2D eigenvalue weighted by molar-refractivity contribution is 7.75. The second-order valence-corrected chi connectivity index (χ2v) is 7.82. The molecule has 0 aromatic heterocycles. The van der Waals surface area contributed by atoms with Crippen molar-refractivity contribution < 1.29 is 14.1 Å². The minimum absolute atomic E-state index is 0. The van der Waals surface area contributed by atoms with Crippen LogP contribution in [0.25, 0.3) is 0 Å². The fraction of sp³-hybridized carbons (Fsp3) is 1.00. The van der Waals surface area contributed by atoms with Crippen molar-refractivity contribution in [2.45, 2.75) is 27.7 Å². The molecule has 0 aliphatic carbocycles. The Bertz CT molecular complexity index is 57.2. The zero-order chi connectivity index (χ0) is 7.33. The van der Waals surface area contributed by atoms with Gasteiger partial charge in [0.25, 0.3) is 0 Å². The molecule has 0 bridgehead atoms. The summed E-state index contributed by atoms with van der Waals surface area (Å²) in [7, 11) is -0.420.